The Hall–Kier alpha value is -1.35. The van der Waals surface area contributed by atoms with Crippen molar-refractivity contribution in [3.05, 3.63) is 35.9 Å². The van der Waals surface area contributed by atoms with E-state index >= 15 is 0 Å². The van der Waals surface area contributed by atoms with E-state index in [0.717, 1.165) is 18.4 Å². The maximum absolute atomic E-state index is 12.2. The van der Waals surface area contributed by atoms with Gasteiger partial charge in [-0.15, -0.1) is 0 Å². The summed E-state index contributed by atoms with van der Waals surface area (Å²) in [6.07, 6.45) is 6.10. The molecule has 1 unspecified atom stereocenters. The molecular weight excluding hydrogens is 250 g/mol. The normalized spacial score (nSPS) is 19.3. The van der Waals surface area contributed by atoms with Crippen molar-refractivity contribution in [3.8, 4) is 0 Å². The minimum atomic E-state index is -0.179. The van der Waals surface area contributed by atoms with Crippen LogP contribution in [0.25, 0.3) is 0 Å². The number of ether oxygens (including phenoxy) is 1. The lowest BCUT2D eigenvalue weighted by Gasteiger charge is -2.36. The van der Waals surface area contributed by atoms with Gasteiger partial charge in [0.15, 0.2) is 0 Å². The average Bonchev–Trinajstić information content (AvgIpc) is 2.49. The highest BCUT2D eigenvalue weighted by molar-refractivity contribution is 5.71. The second kappa shape index (κ2) is 6.89. The summed E-state index contributed by atoms with van der Waals surface area (Å²) in [5, 5.41) is 3.36. The summed E-state index contributed by atoms with van der Waals surface area (Å²) >= 11 is 0. The van der Waals surface area contributed by atoms with Crippen LogP contribution >= 0.6 is 0 Å². The SMILES string of the molecule is CNC1(CC(=O)OC(C)c2ccccc2)CCCCC1. The van der Waals surface area contributed by atoms with Crippen LogP contribution in [0.2, 0.25) is 0 Å². The molecule has 110 valence electrons. The average molecular weight is 275 g/mol. The second-order valence-electron chi connectivity index (χ2n) is 5.81. The highest BCUT2D eigenvalue weighted by Gasteiger charge is 2.33. The van der Waals surface area contributed by atoms with E-state index in [1.165, 1.54) is 19.3 Å². The molecule has 1 fully saturated rings. The summed E-state index contributed by atoms with van der Waals surface area (Å²) in [6, 6.07) is 9.89. The van der Waals surface area contributed by atoms with Crippen LogP contribution in [0.5, 0.6) is 0 Å². The zero-order chi connectivity index (χ0) is 14.4. The lowest BCUT2D eigenvalue weighted by Crippen LogP contribution is -2.46. The third kappa shape index (κ3) is 3.83. The van der Waals surface area contributed by atoms with E-state index in [1.54, 1.807) is 0 Å². The van der Waals surface area contributed by atoms with Gasteiger partial charge in [-0.05, 0) is 32.4 Å². The lowest BCUT2D eigenvalue weighted by atomic mass is 9.79. The van der Waals surface area contributed by atoms with E-state index in [1.807, 2.05) is 44.3 Å². The van der Waals surface area contributed by atoms with Crippen molar-refractivity contribution >= 4 is 5.97 Å². The summed E-state index contributed by atoms with van der Waals surface area (Å²) < 4.78 is 5.59. The van der Waals surface area contributed by atoms with E-state index in [-0.39, 0.29) is 17.6 Å². The fourth-order valence-corrected chi connectivity index (χ4v) is 3.05. The Morgan fingerprint density at radius 3 is 2.50 bits per heavy atom. The summed E-state index contributed by atoms with van der Waals surface area (Å²) in [5.74, 6) is -0.0994. The fourth-order valence-electron chi connectivity index (χ4n) is 3.05. The first-order valence-corrected chi connectivity index (χ1v) is 7.58. The van der Waals surface area contributed by atoms with Gasteiger partial charge in [0.1, 0.15) is 6.10 Å². The zero-order valence-corrected chi connectivity index (χ0v) is 12.5. The molecule has 1 aliphatic rings. The van der Waals surface area contributed by atoms with Gasteiger partial charge in [0.05, 0.1) is 6.42 Å². The van der Waals surface area contributed by atoms with Crippen LogP contribution < -0.4 is 5.32 Å². The first kappa shape index (κ1) is 15.0. The minimum Gasteiger partial charge on any atom is -0.458 e. The quantitative estimate of drug-likeness (QED) is 0.834. The molecule has 1 saturated carbocycles. The molecule has 0 bridgehead atoms. The summed E-state index contributed by atoms with van der Waals surface area (Å²) in [7, 11) is 1.96. The van der Waals surface area contributed by atoms with Gasteiger partial charge in [0.2, 0.25) is 0 Å². The van der Waals surface area contributed by atoms with Crippen molar-refractivity contribution in [2.45, 2.75) is 57.1 Å². The van der Waals surface area contributed by atoms with Crippen molar-refractivity contribution in [1.82, 2.24) is 5.32 Å². The largest absolute Gasteiger partial charge is 0.458 e. The number of hydrogen-bond donors (Lipinski definition) is 1. The predicted molar refractivity (Wildman–Crippen MR) is 80.4 cm³/mol. The molecule has 1 aliphatic carbocycles. The molecule has 0 spiro atoms. The van der Waals surface area contributed by atoms with Crippen LogP contribution in [0.15, 0.2) is 30.3 Å². The van der Waals surface area contributed by atoms with E-state index in [4.69, 9.17) is 4.74 Å². The minimum absolute atomic E-state index is 0.0499. The topological polar surface area (TPSA) is 38.3 Å². The van der Waals surface area contributed by atoms with Crippen LogP contribution in [0.1, 0.15) is 57.1 Å². The maximum atomic E-state index is 12.2. The third-order valence-corrected chi connectivity index (χ3v) is 4.40. The molecule has 3 heteroatoms. The van der Waals surface area contributed by atoms with Gasteiger partial charge >= 0.3 is 5.97 Å². The molecule has 0 aromatic heterocycles. The summed E-state index contributed by atoms with van der Waals surface area (Å²) in [4.78, 5) is 12.2. The molecule has 1 N–H and O–H groups in total. The molecule has 1 aromatic carbocycles. The fraction of sp³-hybridized carbons (Fsp3) is 0.588. The summed E-state index contributed by atoms with van der Waals surface area (Å²) in [6.45, 7) is 1.93. The Bertz CT molecular complexity index is 424. The van der Waals surface area contributed by atoms with Crippen molar-refractivity contribution < 1.29 is 9.53 Å². The van der Waals surface area contributed by atoms with Gasteiger partial charge in [-0.25, -0.2) is 0 Å². The zero-order valence-electron chi connectivity index (χ0n) is 12.5. The van der Waals surface area contributed by atoms with Crippen molar-refractivity contribution in [2.75, 3.05) is 7.05 Å². The van der Waals surface area contributed by atoms with Gasteiger partial charge in [-0.1, -0.05) is 49.6 Å². The first-order valence-electron chi connectivity index (χ1n) is 7.58. The number of esters is 1. The molecule has 0 aliphatic heterocycles. The molecule has 1 atom stereocenters. The van der Waals surface area contributed by atoms with E-state index < -0.39 is 0 Å². The monoisotopic (exact) mass is 275 g/mol. The Kier molecular flexibility index (Phi) is 5.18. The lowest BCUT2D eigenvalue weighted by molar-refractivity contribution is -0.150. The van der Waals surface area contributed by atoms with Crippen molar-refractivity contribution in [3.63, 3.8) is 0 Å². The van der Waals surface area contributed by atoms with Gasteiger partial charge in [-0.3, -0.25) is 4.79 Å². The number of benzene rings is 1. The Balaban J connectivity index is 1.91. The van der Waals surface area contributed by atoms with Crippen LogP contribution in [0.4, 0.5) is 0 Å². The number of nitrogens with one attached hydrogen (secondary N) is 1. The first-order chi connectivity index (χ1) is 9.65. The second-order valence-corrected chi connectivity index (χ2v) is 5.81. The van der Waals surface area contributed by atoms with Gasteiger partial charge in [0.25, 0.3) is 0 Å². The number of hydrogen-bond acceptors (Lipinski definition) is 3. The molecular formula is C17H25NO2. The van der Waals surface area contributed by atoms with Crippen LogP contribution in [-0.4, -0.2) is 18.6 Å². The molecule has 1 aromatic rings. The molecule has 2 rings (SSSR count). The molecule has 0 radical (unpaired) electrons. The van der Waals surface area contributed by atoms with Crippen LogP contribution in [0, 0.1) is 0 Å². The van der Waals surface area contributed by atoms with Crippen LogP contribution in [-0.2, 0) is 9.53 Å². The molecule has 20 heavy (non-hydrogen) atoms. The van der Waals surface area contributed by atoms with Gasteiger partial charge < -0.3 is 10.1 Å². The van der Waals surface area contributed by atoms with Crippen molar-refractivity contribution in [2.24, 2.45) is 0 Å². The molecule has 3 nitrogen and oxygen atoms in total. The number of carbonyl (C=O) groups excluding carboxylic acids is 1. The Morgan fingerprint density at radius 1 is 1.25 bits per heavy atom. The third-order valence-electron chi connectivity index (χ3n) is 4.40. The van der Waals surface area contributed by atoms with Crippen molar-refractivity contribution in [1.29, 1.82) is 0 Å². The number of rotatable bonds is 5. The highest BCUT2D eigenvalue weighted by atomic mass is 16.5. The van der Waals surface area contributed by atoms with Gasteiger partial charge in [-0.2, -0.15) is 0 Å². The summed E-state index contributed by atoms with van der Waals surface area (Å²) in [5.41, 5.74) is 0.995. The maximum Gasteiger partial charge on any atom is 0.308 e. The highest BCUT2D eigenvalue weighted by Crippen LogP contribution is 2.31. The Morgan fingerprint density at radius 2 is 1.90 bits per heavy atom. The van der Waals surface area contributed by atoms with E-state index in [9.17, 15) is 4.79 Å². The standard InChI is InChI=1S/C17H25NO2/c1-14(15-9-5-3-6-10-15)20-16(19)13-17(18-2)11-7-4-8-12-17/h3,5-6,9-10,14,18H,4,7-8,11-13H2,1-2H3. The Labute approximate surface area is 121 Å². The molecule has 0 amide bonds. The van der Waals surface area contributed by atoms with E-state index in [2.05, 4.69) is 5.32 Å². The van der Waals surface area contributed by atoms with E-state index in [0.29, 0.717) is 6.42 Å². The molecule has 0 heterocycles. The molecule has 0 saturated heterocycles. The smallest absolute Gasteiger partial charge is 0.308 e. The van der Waals surface area contributed by atoms with Crippen LogP contribution in [0.3, 0.4) is 0 Å². The number of carbonyl (C=O) groups is 1. The predicted octanol–water partition coefficient (Wildman–Crippen LogP) is 3.60. The van der Waals surface area contributed by atoms with Gasteiger partial charge in [0, 0.05) is 5.54 Å².